The van der Waals surface area contributed by atoms with Crippen molar-refractivity contribution in [3.63, 3.8) is 0 Å². The highest BCUT2D eigenvalue weighted by Gasteiger charge is 2.22. The van der Waals surface area contributed by atoms with Gasteiger partial charge in [-0.1, -0.05) is 20.8 Å². The highest BCUT2D eigenvalue weighted by molar-refractivity contribution is 4.79. The minimum Gasteiger partial charge on any atom is -0.330 e. The van der Waals surface area contributed by atoms with Gasteiger partial charge in [0.1, 0.15) is 0 Å². The van der Waals surface area contributed by atoms with E-state index in [0.717, 1.165) is 24.4 Å². The van der Waals surface area contributed by atoms with Gasteiger partial charge in [0.05, 0.1) is 0 Å². The molecule has 1 saturated heterocycles. The topological polar surface area (TPSA) is 32.5 Å². The number of piperazine rings is 1. The molecule has 1 aliphatic heterocycles. The second-order valence-corrected chi connectivity index (χ2v) is 6.57. The Morgan fingerprint density at radius 1 is 1.21 bits per heavy atom. The minimum absolute atomic E-state index is 0.763. The maximum Gasteiger partial charge on any atom is 0.0218 e. The van der Waals surface area contributed by atoms with E-state index in [1.54, 1.807) is 0 Å². The van der Waals surface area contributed by atoms with Gasteiger partial charge in [-0.25, -0.2) is 0 Å². The molecule has 3 nitrogen and oxygen atoms in total. The molecule has 2 unspecified atom stereocenters. The number of hydrogen-bond donors (Lipinski definition) is 1. The molecule has 0 aliphatic carbocycles. The van der Waals surface area contributed by atoms with Crippen LogP contribution in [-0.4, -0.2) is 55.6 Å². The first kappa shape index (κ1) is 16.9. The molecule has 2 atom stereocenters. The van der Waals surface area contributed by atoms with Crippen LogP contribution in [0.3, 0.4) is 0 Å². The zero-order chi connectivity index (χ0) is 14.3. The predicted octanol–water partition coefficient (Wildman–Crippen LogP) is 2.41. The molecule has 0 aromatic carbocycles. The normalized spacial score (nSPS) is 24.0. The van der Waals surface area contributed by atoms with Crippen LogP contribution >= 0.6 is 0 Å². The molecule has 2 N–H and O–H groups in total. The molecule has 1 fully saturated rings. The van der Waals surface area contributed by atoms with Gasteiger partial charge >= 0.3 is 0 Å². The summed E-state index contributed by atoms with van der Waals surface area (Å²) in [5.74, 6) is 1.60. The van der Waals surface area contributed by atoms with Crippen molar-refractivity contribution in [1.29, 1.82) is 0 Å². The maximum absolute atomic E-state index is 5.72. The number of likely N-dealkylation sites (N-methyl/N-ethyl adjacent to an activating group) is 1. The van der Waals surface area contributed by atoms with Crippen molar-refractivity contribution in [1.82, 2.24) is 9.80 Å². The first-order chi connectivity index (χ1) is 9.08. The molecular formula is C16H35N3. The van der Waals surface area contributed by atoms with Crippen molar-refractivity contribution in [2.75, 3.05) is 39.8 Å². The van der Waals surface area contributed by atoms with Gasteiger partial charge in [-0.2, -0.15) is 0 Å². The van der Waals surface area contributed by atoms with E-state index in [1.165, 1.54) is 51.9 Å². The third-order valence-corrected chi connectivity index (χ3v) is 4.86. The molecule has 0 aromatic rings. The van der Waals surface area contributed by atoms with Crippen molar-refractivity contribution < 1.29 is 0 Å². The van der Waals surface area contributed by atoms with E-state index in [0.29, 0.717) is 0 Å². The Bertz CT molecular complexity index is 230. The number of nitrogens with two attached hydrogens (primary N) is 1. The molecule has 0 saturated carbocycles. The number of hydrogen-bond acceptors (Lipinski definition) is 3. The molecule has 19 heavy (non-hydrogen) atoms. The zero-order valence-corrected chi connectivity index (χ0v) is 13.6. The van der Waals surface area contributed by atoms with Gasteiger partial charge in [-0.15, -0.1) is 0 Å². The van der Waals surface area contributed by atoms with Crippen molar-refractivity contribution in [2.24, 2.45) is 17.6 Å². The van der Waals surface area contributed by atoms with Crippen molar-refractivity contribution in [2.45, 2.75) is 52.5 Å². The van der Waals surface area contributed by atoms with Crippen LogP contribution in [0.2, 0.25) is 0 Å². The lowest BCUT2D eigenvalue weighted by molar-refractivity contribution is 0.0903. The van der Waals surface area contributed by atoms with E-state index >= 15 is 0 Å². The van der Waals surface area contributed by atoms with Gasteiger partial charge in [-0.3, -0.25) is 0 Å². The molecule has 0 bridgehead atoms. The highest BCUT2D eigenvalue weighted by Crippen LogP contribution is 2.21. The van der Waals surface area contributed by atoms with Crippen LogP contribution in [-0.2, 0) is 0 Å². The van der Waals surface area contributed by atoms with E-state index in [1.807, 2.05) is 0 Å². The maximum atomic E-state index is 5.72. The predicted molar refractivity (Wildman–Crippen MR) is 84.4 cm³/mol. The molecule has 1 heterocycles. The van der Waals surface area contributed by atoms with Gasteiger partial charge in [0, 0.05) is 25.7 Å². The van der Waals surface area contributed by atoms with Crippen molar-refractivity contribution in [3.8, 4) is 0 Å². The summed E-state index contributed by atoms with van der Waals surface area (Å²) in [6.07, 6.45) is 5.15. The molecule has 0 spiro atoms. The van der Waals surface area contributed by atoms with E-state index in [4.69, 9.17) is 5.73 Å². The van der Waals surface area contributed by atoms with E-state index in [-0.39, 0.29) is 0 Å². The third kappa shape index (κ3) is 5.80. The monoisotopic (exact) mass is 269 g/mol. The first-order valence-electron chi connectivity index (χ1n) is 8.21. The summed E-state index contributed by atoms with van der Waals surface area (Å²) in [6.45, 7) is 12.8. The van der Waals surface area contributed by atoms with Gasteiger partial charge in [0.25, 0.3) is 0 Å². The fourth-order valence-electron chi connectivity index (χ4n) is 3.26. The summed E-state index contributed by atoms with van der Waals surface area (Å²) in [7, 11) is 2.27. The fourth-order valence-corrected chi connectivity index (χ4v) is 3.26. The van der Waals surface area contributed by atoms with Crippen molar-refractivity contribution >= 4 is 0 Å². The lowest BCUT2D eigenvalue weighted by Gasteiger charge is -2.39. The second-order valence-electron chi connectivity index (χ2n) is 6.57. The molecule has 1 aliphatic rings. The average Bonchev–Trinajstić information content (AvgIpc) is 2.39. The van der Waals surface area contributed by atoms with Crippen molar-refractivity contribution in [3.05, 3.63) is 0 Å². The average molecular weight is 269 g/mol. The van der Waals surface area contributed by atoms with Gasteiger partial charge in [-0.05, 0) is 57.7 Å². The number of rotatable bonds is 8. The third-order valence-electron chi connectivity index (χ3n) is 4.86. The Kier molecular flexibility index (Phi) is 7.96. The van der Waals surface area contributed by atoms with Crippen LogP contribution in [0.15, 0.2) is 0 Å². The van der Waals surface area contributed by atoms with Gasteiger partial charge in [0.15, 0.2) is 0 Å². The quantitative estimate of drug-likeness (QED) is 0.734. The molecule has 3 heteroatoms. The summed E-state index contributed by atoms with van der Waals surface area (Å²) < 4.78 is 0. The Labute approximate surface area is 120 Å². The molecule has 0 radical (unpaired) electrons. The van der Waals surface area contributed by atoms with E-state index in [2.05, 4.69) is 37.6 Å². The minimum atomic E-state index is 0.763. The Balaban J connectivity index is 2.25. The van der Waals surface area contributed by atoms with E-state index in [9.17, 15) is 0 Å². The largest absolute Gasteiger partial charge is 0.330 e. The number of nitrogens with zero attached hydrogens (tertiary/aromatic N) is 2. The van der Waals surface area contributed by atoms with Gasteiger partial charge < -0.3 is 15.5 Å². The fraction of sp³-hybridized carbons (Fsp3) is 1.00. The highest BCUT2D eigenvalue weighted by atomic mass is 15.3. The first-order valence-corrected chi connectivity index (χ1v) is 8.21. The molecule has 1 rings (SSSR count). The van der Waals surface area contributed by atoms with Crippen LogP contribution in [0, 0.1) is 11.8 Å². The SMILES string of the molecule is CCC1CN(CCCC(CCN)C(C)C)CCN1C. The van der Waals surface area contributed by atoms with Crippen LogP contribution in [0.4, 0.5) is 0 Å². The molecular weight excluding hydrogens is 234 g/mol. The van der Waals surface area contributed by atoms with E-state index < -0.39 is 0 Å². The summed E-state index contributed by atoms with van der Waals surface area (Å²) in [5, 5.41) is 0. The Morgan fingerprint density at radius 2 is 1.95 bits per heavy atom. The Hall–Kier alpha value is -0.120. The lowest BCUT2D eigenvalue weighted by atomic mass is 9.88. The summed E-state index contributed by atoms with van der Waals surface area (Å²) in [4.78, 5) is 5.18. The summed E-state index contributed by atoms with van der Waals surface area (Å²) >= 11 is 0. The smallest absolute Gasteiger partial charge is 0.0218 e. The van der Waals surface area contributed by atoms with Crippen LogP contribution < -0.4 is 5.73 Å². The van der Waals surface area contributed by atoms with Crippen LogP contribution in [0.1, 0.15) is 46.5 Å². The second kappa shape index (κ2) is 8.93. The zero-order valence-electron chi connectivity index (χ0n) is 13.6. The molecule has 0 aromatic heterocycles. The summed E-state index contributed by atoms with van der Waals surface area (Å²) in [5.41, 5.74) is 5.72. The Morgan fingerprint density at radius 3 is 2.53 bits per heavy atom. The van der Waals surface area contributed by atoms with Crippen LogP contribution in [0.5, 0.6) is 0 Å². The van der Waals surface area contributed by atoms with Gasteiger partial charge in [0.2, 0.25) is 0 Å². The molecule has 114 valence electrons. The standard InChI is InChI=1S/C16H35N3/c1-5-16-13-19(12-11-18(16)4)10-6-7-15(8-9-17)14(2)3/h14-16H,5-13,17H2,1-4H3. The molecule has 0 amide bonds. The lowest BCUT2D eigenvalue weighted by Crippen LogP contribution is -2.51. The van der Waals surface area contributed by atoms with Crippen LogP contribution in [0.25, 0.3) is 0 Å². The summed E-state index contributed by atoms with van der Waals surface area (Å²) in [6, 6.07) is 0.763.